The third-order valence-electron chi connectivity index (χ3n) is 10.8. The van der Waals surface area contributed by atoms with Crippen LogP contribution in [0.2, 0.25) is 0 Å². The Balaban J connectivity index is 1.55. The van der Waals surface area contributed by atoms with E-state index >= 15 is 0 Å². The molecule has 4 saturated carbocycles. The number of hydrogen-bond acceptors (Lipinski definition) is 4. The van der Waals surface area contributed by atoms with Crippen LogP contribution in [0.4, 0.5) is 0 Å². The molecular weight excluding hydrogens is 414 g/mol. The summed E-state index contributed by atoms with van der Waals surface area (Å²) in [5.74, 6) is 2.11. The van der Waals surface area contributed by atoms with Crippen molar-refractivity contribution in [2.24, 2.45) is 40.4 Å². The van der Waals surface area contributed by atoms with Crippen molar-refractivity contribution in [3.05, 3.63) is 0 Å². The molecule has 4 aliphatic rings. The summed E-state index contributed by atoms with van der Waals surface area (Å²) in [7, 11) is 0. The van der Waals surface area contributed by atoms with E-state index in [1.54, 1.807) is 0 Å². The highest BCUT2D eigenvalue weighted by Crippen LogP contribution is 2.67. The molecule has 4 aliphatic carbocycles. The number of fused-ring (bicyclic) bond motifs is 5. The predicted octanol–water partition coefficient (Wildman–Crippen LogP) is 5.25. The zero-order chi connectivity index (χ0) is 24.0. The van der Waals surface area contributed by atoms with Crippen molar-refractivity contribution in [1.29, 1.82) is 0 Å². The van der Waals surface area contributed by atoms with Gasteiger partial charge in [-0.15, -0.1) is 0 Å². The van der Waals surface area contributed by atoms with E-state index in [-0.39, 0.29) is 5.41 Å². The van der Waals surface area contributed by atoms with Gasteiger partial charge in [0.1, 0.15) is 0 Å². The number of aliphatic hydroxyl groups is 1. The van der Waals surface area contributed by atoms with Crippen LogP contribution in [0, 0.1) is 40.4 Å². The molecule has 3 N–H and O–H groups in total. The Bertz CT molecular complexity index is 712. The van der Waals surface area contributed by atoms with E-state index in [1.807, 2.05) is 6.92 Å². The topological polar surface area (TPSA) is 78.8 Å². The second-order valence-electron chi connectivity index (χ2n) is 12.9. The van der Waals surface area contributed by atoms with E-state index in [4.69, 9.17) is 4.74 Å². The van der Waals surface area contributed by atoms with Crippen LogP contribution in [0.15, 0.2) is 0 Å². The Morgan fingerprint density at radius 3 is 2.48 bits per heavy atom. The number of carbonyl (C=O) groups is 1. The third-order valence-corrected chi connectivity index (χ3v) is 10.8. The first-order chi connectivity index (χ1) is 15.6. The van der Waals surface area contributed by atoms with Crippen LogP contribution in [0.5, 0.6) is 0 Å². The molecule has 0 aromatic rings. The van der Waals surface area contributed by atoms with Crippen LogP contribution in [0.3, 0.4) is 0 Å². The SMILES string of the molecule is CCCOC1(C(=O)O)C[C@@]2(C)C(CC[C@@H]3[C@H]2CC[C@]2(C)C(NCCC(C)C)CC[C@@H]32)CC1O. The number of hydrogen-bond donors (Lipinski definition) is 3. The normalized spacial score (nSPS) is 47.1. The molecule has 0 aromatic heterocycles. The third kappa shape index (κ3) is 4.18. The van der Waals surface area contributed by atoms with Crippen LogP contribution in [-0.2, 0) is 9.53 Å². The van der Waals surface area contributed by atoms with Crippen molar-refractivity contribution in [2.45, 2.75) is 117 Å². The van der Waals surface area contributed by atoms with Crippen LogP contribution >= 0.6 is 0 Å². The minimum absolute atomic E-state index is 0.0707. The highest BCUT2D eigenvalue weighted by Gasteiger charge is 2.65. The van der Waals surface area contributed by atoms with Crippen molar-refractivity contribution in [3.8, 4) is 0 Å². The maximum absolute atomic E-state index is 12.5. The fourth-order valence-electron chi connectivity index (χ4n) is 8.93. The summed E-state index contributed by atoms with van der Waals surface area (Å²) in [5, 5.41) is 25.2. The lowest BCUT2D eigenvalue weighted by Crippen LogP contribution is -2.64. The average Bonchev–Trinajstić information content (AvgIpc) is 3.09. The zero-order valence-electron chi connectivity index (χ0n) is 21.7. The minimum atomic E-state index is -1.44. The second kappa shape index (κ2) is 9.43. The lowest BCUT2D eigenvalue weighted by molar-refractivity contribution is -0.228. The fraction of sp³-hybridized carbons (Fsp3) is 0.964. The van der Waals surface area contributed by atoms with Gasteiger partial charge in [-0.2, -0.15) is 0 Å². The largest absolute Gasteiger partial charge is 0.479 e. The molecule has 9 atom stereocenters. The maximum Gasteiger partial charge on any atom is 0.338 e. The fourth-order valence-corrected chi connectivity index (χ4v) is 8.93. The number of aliphatic hydroxyl groups excluding tert-OH is 1. The van der Waals surface area contributed by atoms with Crippen molar-refractivity contribution in [3.63, 3.8) is 0 Å². The number of carboxylic acids is 1. The summed E-state index contributed by atoms with van der Waals surface area (Å²) >= 11 is 0. The first-order valence-corrected chi connectivity index (χ1v) is 13.9. The summed E-state index contributed by atoms with van der Waals surface area (Å²) in [6, 6.07) is 0.618. The van der Waals surface area contributed by atoms with Gasteiger partial charge in [-0.3, -0.25) is 0 Å². The molecule has 0 aromatic carbocycles. The second-order valence-corrected chi connectivity index (χ2v) is 12.9. The number of carboxylic acid groups (broad SMARTS) is 1. The molecule has 4 rings (SSSR count). The highest BCUT2D eigenvalue weighted by atomic mass is 16.5. The van der Waals surface area contributed by atoms with E-state index in [0.717, 1.165) is 31.2 Å². The van der Waals surface area contributed by atoms with Gasteiger partial charge in [0, 0.05) is 12.6 Å². The first-order valence-electron chi connectivity index (χ1n) is 13.9. The minimum Gasteiger partial charge on any atom is -0.479 e. The molecule has 4 fully saturated rings. The number of rotatable bonds is 8. The van der Waals surface area contributed by atoms with Gasteiger partial charge in [-0.1, -0.05) is 34.6 Å². The summed E-state index contributed by atoms with van der Waals surface area (Å²) in [5.41, 5.74) is -1.16. The van der Waals surface area contributed by atoms with E-state index in [0.29, 0.717) is 48.7 Å². The van der Waals surface area contributed by atoms with Gasteiger partial charge in [-0.25, -0.2) is 4.79 Å². The predicted molar refractivity (Wildman–Crippen MR) is 131 cm³/mol. The van der Waals surface area contributed by atoms with E-state index in [1.165, 1.54) is 38.5 Å². The maximum atomic E-state index is 12.5. The summed E-state index contributed by atoms with van der Waals surface area (Å²) in [4.78, 5) is 12.5. The molecule has 0 amide bonds. The molecule has 5 heteroatoms. The Labute approximate surface area is 201 Å². The first kappa shape index (κ1) is 25.4. The molecule has 4 unspecified atom stereocenters. The molecule has 5 nitrogen and oxygen atoms in total. The van der Waals surface area contributed by atoms with Gasteiger partial charge in [-0.05, 0) is 111 Å². The lowest BCUT2D eigenvalue weighted by Gasteiger charge is -2.63. The van der Waals surface area contributed by atoms with Gasteiger partial charge >= 0.3 is 5.97 Å². The van der Waals surface area contributed by atoms with Gasteiger partial charge < -0.3 is 20.3 Å². The number of nitrogens with one attached hydrogen (secondary N) is 1. The van der Waals surface area contributed by atoms with Crippen LogP contribution < -0.4 is 5.32 Å². The Morgan fingerprint density at radius 1 is 1.09 bits per heavy atom. The van der Waals surface area contributed by atoms with Crippen molar-refractivity contribution < 1.29 is 19.7 Å². The van der Waals surface area contributed by atoms with Gasteiger partial charge in [0.25, 0.3) is 0 Å². The van der Waals surface area contributed by atoms with Crippen molar-refractivity contribution in [2.75, 3.05) is 13.2 Å². The Morgan fingerprint density at radius 2 is 1.82 bits per heavy atom. The molecule has 0 radical (unpaired) electrons. The van der Waals surface area contributed by atoms with Crippen LogP contribution in [0.25, 0.3) is 0 Å². The molecule has 0 bridgehead atoms. The van der Waals surface area contributed by atoms with E-state index < -0.39 is 17.7 Å². The molecule has 0 spiro atoms. The Hall–Kier alpha value is -0.650. The molecular formula is C28H49NO4. The summed E-state index contributed by atoms with van der Waals surface area (Å²) < 4.78 is 6.01. The van der Waals surface area contributed by atoms with Crippen molar-refractivity contribution >= 4 is 5.97 Å². The Kier molecular flexibility index (Phi) is 7.27. The number of ether oxygens (including phenoxy) is 1. The average molecular weight is 464 g/mol. The quantitative estimate of drug-likeness (QED) is 0.458. The summed E-state index contributed by atoms with van der Waals surface area (Å²) in [6.45, 7) is 13.0. The number of aliphatic carboxylic acids is 1. The molecule has 0 heterocycles. The zero-order valence-corrected chi connectivity index (χ0v) is 21.7. The van der Waals surface area contributed by atoms with Crippen LogP contribution in [0.1, 0.15) is 98.8 Å². The molecule has 0 aliphatic heterocycles. The van der Waals surface area contributed by atoms with Gasteiger partial charge in [0.15, 0.2) is 5.60 Å². The molecule has 0 saturated heterocycles. The van der Waals surface area contributed by atoms with Crippen molar-refractivity contribution in [1.82, 2.24) is 5.32 Å². The monoisotopic (exact) mass is 463 g/mol. The highest BCUT2D eigenvalue weighted by molar-refractivity contribution is 5.79. The smallest absolute Gasteiger partial charge is 0.338 e. The van der Waals surface area contributed by atoms with E-state index in [2.05, 4.69) is 33.0 Å². The van der Waals surface area contributed by atoms with Gasteiger partial charge in [0.2, 0.25) is 0 Å². The van der Waals surface area contributed by atoms with Gasteiger partial charge in [0.05, 0.1) is 6.10 Å². The molecule has 190 valence electrons. The lowest BCUT2D eigenvalue weighted by atomic mass is 9.43. The summed E-state index contributed by atoms with van der Waals surface area (Å²) in [6.07, 6.45) is 9.48. The molecule has 33 heavy (non-hydrogen) atoms. The standard InChI is InChI=1S/C28H49NO4/c1-6-15-33-28(25(31)32)17-27(5)19(16-24(28)30)7-8-20-21-9-10-23(29-14-12-18(2)3)26(21,4)13-11-22(20)27/h18-24,29-30H,6-17H2,1-5H3,(H,31,32)/t19?,20-,21-,22+,23?,24?,26-,27-,28?/m0/s1. The van der Waals surface area contributed by atoms with E-state index in [9.17, 15) is 15.0 Å². The van der Waals surface area contributed by atoms with Crippen LogP contribution in [-0.4, -0.2) is 47.1 Å².